The maximum atomic E-state index is 12.4. The van der Waals surface area contributed by atoms with Gasteiger partial charge in [-0.2, -0.15) is 0 Å². The summed E-state index contributed by atoms with van der Waals surface area (Å²) in [4.78, 5) is 11.1. The van der Waals surface area contributed by atoms with Crippen molar-refractivity contribution in [1.82, 2.24) is 4.72 Å². The SMILES string of the molecule is Cc1cc(S(=O)(=O)NC2C3C4CCC(C4)C23)sc1C(=O)O. The van der Waals surface area contributed by atoms with Gasteiger partial charge >= 0.3 is 5.97 Å². The summed E-state index contributed by atoms with van der Waals surface area (Å²) in [6.45, 7) is 1.63. The van der Waals surface area contributed by atoms with Gasteiger partial charge in [0.2, 0.25) is 10.0 Å². The summed E-state index contributed by atoms with van der Waals surface area (Å²) < 4.78 is 27.8. The van der Waals surface area contributed by atoms with Crippen LogP contribution in [0.15, 0.2) is 10.3 Å². The quantitative estimate of drug-likeness (QED) is 0.887. The first-order valence-corrected chi connectivity index (χ1v) is 9.54. The Kier molecular flexibility index (Phi) is 2.81. The number of hydrogen-bond donors (Lipinski definition) is 2. The van der Waals surface area contributed by atoms with E-state index in [0.717, 1.165) is 11.3 Å². The molecule has 7 heteroatoms. The van der Waals surface area contributed by atoms with Crippen molar-refractivity contribution >= 4 is 27.3 Å². The fraction of sp³-hybridized carbons (Fsp3) is 0.643. The van der Waals surface area contributed by atoms with Gasteiger partial charge in [-0.25, -0.2) is 17.9 Å². The highest BCUT2D eigenvalue weighted by atomic mass is 32.2. The van der Waals surface area contributed by atoms with E-state index in [-0.39, 0.29) is 15.1 Å². The first-order chi connectivity index (χ1) is 9.88. The van der Waals surface area contributed by atoms with Crippen LogP contribution in [-0.2, 0) is 10.0 Å². The van der Waals surface area contributed by atoms with Crippen molar-refractivity contribution in [3.63, 3.8) is 0 Å². The van der Waals surface area contributed by atoms with E-state index in [9.17, 15) is 13.2 Å². The molecule has 1 heterocycles. The first kappa shape index (κ1) is 13.7. The molecular formula is C14H17NO4S2. The second kappa shape index (κ2) is 4.30. The lowest BCUT2D eigenvalue weighted by Crippen LogP contribution is -2.29. The van der Waals surface area contributed by atoms with E-state index in [0.29, 0.717) is 29.2 Å². The Morgan fingerprint density at radius 2 is 1.95 bits per heavy atom. The topological polar surface area (TPSA) is 83.5 Å². The zero-order valence-corrected chi connectivity index (χ0v) is 13.2. The Morgan fingerprint density at radius 1 is 1.33 bits per heavy atom. The van der Waals surface area contributed by atoms with Crippen LogP contribution in [0.2, 0.25) is 0 Å². The highest BCUT2D eigenvalue weighted by Gasteiger charge is 2.65. The minimum Gasteiger partial charge on any atom is -0.477 e. The van der Waals surface area contributed by atoms with Crippen LogP contribution in [0.25, 0.3) is 0 Å². The molecule has 5 nitrogen and oxygen atoms in total. The molecule has 2 bridgehead atoms. The molecule has 4 rings (SSSR count). The van der Waals surface area contributed by atoms with Gasteiger partial charge in [-0.05, 0) is 61.5 Å². The highest BCUT2D eigenvalue weighted by molar-refractivity contribution is 7.91. The van der Waals surface area contributed by atoms with Gasteiger partial charge in [0.05, 0.1) is 0 Å². The summed E-state index contributed by atoms with van der Waals surface area (Å²) in [7, 11) is -3.59. The number of sulfonamides is 1. The number of aromatic carboxylic acids is 1. The molecule has 4 atom stereocenters. The molecule has 21 heavy (non-hydrogen) atoms. The Balaban J connectivity index is 1.55. The zero-order chi connectivity index (χ0) is 14.9. The molecule has 3 fully saturated rings. The van der Waals surface area contributed by atoms with Crippen LogP contribution in [-0.4, -0.2) is 25.5 Å². The minimum atomic E-state index is -3.59. The third kappa shape index (κ3) is 1.98. The predicted molar refractivity (Wildman–Crippen MR) is 77.9 cm³/mol. The fourth-order valence-corrected chi connectivity index (χ4v) is 7.22. The van der Waals surface area contributed by atoms with Gasteiger partial charge in [-0.3, -0.25) is 0 Å². The molecule has 0 spiro atoms. The number of aryl methyl sites for hydroxylation is 1. The number of nitrogens with one attached hydrogen (secondary N) is 1. The van der Waals surface area contributed by atoms with Crippen molar-refractivity contribution in [2.45, 2.75) is 36.4 Å². The molecule has 0 aromatic carbocycles. The zero-order valence-electron chi connectivity index (χ0n) is 11.6. The van der Waals surface area contributed by atoms with E-state index in [2.05, 4.69) is 4.72 Å². The van der Waals surface area contributed by atoms with Crippen LogP contribution in [0.5, 0.6) is 0 Å². The molecule has 3 aliphatic rings. The van der Waals surface area contributed by atoms with Crippen molar-refractivity contribution in [2.75, 3.05) is 0 Å². The minimum absolute atomic E-state index is 0.0805. The van der Waals surface area contributed by atoms with Crippen LogP contribution >= 0.6 is 11.3 Å². The van der Waals surface area contributed by atoms with Crippen molar-refractivity contribution in [1.29, 1.82) is 0 Å². The highest BCUT2D eigenvalue weighted by Crippen LogP contribution is 2.65. The average molecular weight is 327 g/mol. The van der Waals surface area contributed by atoms with Gasteiger partial charge in [0.15, 0.2) is 0 Å². The van der Waals surface area contributed by atoms with Gasteiger partial charge in [0, 0.05) is 6.04 Å². The molecule has 4 unspecified atom stereocenters. The monoisotopic (exact) mass is 327 g/mol. The van der Waals surface area contributed by atoms with Crippen LogP contribution in [0, 0.1) is 30.6 Å². The van der Waals surface area contributed by atoms with Gasteiger partial charge < -0.3 is 5.11 Å². The largest absolute Gasteiger partial charge is 0.477 e. The van der Waals surface area contributed by atoms with Gasteiger partial charge in [0.25, 0.3) is 0 Å². The molecule has 0 saturated heterocycles. The Labute approximate surface area is 127 Å². The molecule has 1 aromatic rings. The van der Waals surface area contributed by atoms with Crippen LogP contribution < -0.4 is 4.72 Å². The number of hydrogen-bond acceptors (Lipinski definition) is 4. The molecule has 3 aliphatic carbocycles. The Hall–Kier alpha value is -0.920. The van der Waals surface area contributed by atoms with Crippen molar-refractivity contribution in [3.8, 4) is 0 Å². The van der Waals surface area contributed by atoms with E-state index in [4.69, 9.17) is 5.11 Å². The molecule has 1 aromatic heterocycles. The van der Waals surface area contributed by atoms with Crippen LogP contribution in [0.3, 0.4) is 0 Å². The number of carboxylic acid groups (broad SMARTS) is 1. The van der Waals surface area contributed by atoms with Crippen LogP contribution in [0.4, 0.5) is 0 Å². The van der Waals surface area contributed by atoms with E-state index < -0.39 is 16.0 Å². The average Bonchev–Trinajstić information content (AvgIpc) is 2.82. The van der Waals surface area contributed by atoms with E-state index in [1.54, 1.807) is 6.92 Å². The van der Waals surface area contributed by atoms with Gasteiger partial charge in [-0.1, -0.05) is 0 Å². The second-order valence-electron chi connectivity index (χ2n) is 6.52. The van der Waals surface area contributed by atoms with E-state index >= 15 is 0 Å². The maximum absolute atomic E-state index is 12.4. The molecule has 114 valence electrons. The maximum Gasteiger partial charge on any atom is 0.346 e. The van der Waals surface area contributed by atoms with Gasteiger partial charge in [-0.15, -0.1) is 11.3 Å². The third-order valence-corrected chi connectivity index (χ3v) is 8.54. The van der Waals surface area contributed by atoms with E-state index in [1.807, 2.05) is 0 Å². The van der Waals surface area contributed by atoms with Crippen molar-refractivity contribution in [3.05, 3.63) is 16.5 Å². The standard InChI is InChI=1S/C14H17NO4S2/c1-6-4-9(20-13(6)14(16)17)21(18,19)15-12-10-7-2-3-8(5-7)11(10)12/h4,7-8,10-12,15H,2-3,5H2,1H3,(H,16,17). The molecule has 3 saturated carbocycles. The summed E-state index contributed by atoms with van der Waals surface area (Å²) in [5, 5.41) is 9.04. The molecule has 0 aliphatic heterocycles. The Bertz CT molecular complexity index is 707. The van der Waals surface area contributed by atoms with E-state index in [1.165, 1.54) is 25.3 Å². The molecule has 0 amide bonds. The first-order valence-electron chi connectivity index (χ1n) is 7.24. The molecule has 0 radical (unpaired) electrons. The van der Waals surface area contributed by atoms with Crippen LogP contribution in [0.1, 0.15) is 34.5 Å². The lowest BCUT2D eigenvalue weighted by Gasteiger charge is -2.10. The van der Waals surface area contributed by atoms with Gasteiger partial charge in [0.1, 0.15) is 9.09 Å². The third-order valence-electron chi connectivity index (χ3n) is 5.38. The summed E-state index contributed by atoms with van der Waals surface area (Å²) >= 11 is 0.840. The summed E-state index contributed by atoms with van der Waals surface area (Å²) in [6.07, 6.45) is 3.76. The number of thiophene rings is 1. The smallest absolute Gasteiger partial charge is 0.346 e. The fourth-order valence-electron chi connectivity index (χ4n) is 4.52. The second-order valence-corrected chi connectivity index (χ2v) is 9.51. The normalized spacial score (nSPS) is 36.7. The number of carboxylic acids is 1. The molecular weight excluding hydrogens is 310 g/mol. The van der Waals surface area contributed by atoms with Crippen molar-refractivity contribution in [2.24, 2.45) is 23.7 Å². The lowest BCUT2D eigenvalue weighted by molar-refractivity contribution is 0.0701. The lowest BCUT2D eigenvalue weighted by atomic mass is 10.0. The number of fused-ring (bicyclic) bond motifs is 5. The Morgan fingerprint density at radius 3 is 2.48 bits per heavy atom. The molecule has 2 N–H and O–H groups in total. The number of rotatable bonds is 4. The van der Waals surface area contributed by atoms with Crippen molar-refractivity contribution < 1.29 is 18.3 Å². The number of carbonyl (C=O) groups is 1. The summed E-state index contributed by atoms with van der Waals surface area (Å²) in [6, 6.07) is 1.54. The predicted octanol–water partition coefficient (Wildman–Crippen LogP) is 2.08. The summed E-state index contributed by atoms with van der Waals surface area (Å²) in [5.41, 5.74) is 0.504. The summed E-state index contributed by atoms with van der Waals surface area (Å²) in [5.74, 6) is 1.39.